The second kappa shape index (κ2) is 6.65. The van der Waals surface area contributed by atoms with Gasteiger partial charge in [0, 0.05) is 0 Å². The van der Waals surface area contributed by atoms with E-state index < -0.39 is 94.1 Å². The van der Waals surface area contributed by atoms with Crippen molar-refractivity contribution >= 4 is 47.8 Å². The zero-order valence-electron chi connectivity index (χ0n) is 18.8. The number of fused-ring (bicyclic) bond motifs is 11. The van der Waals surface area contributed by atoms with E-state index in [0.717, 1.165) is 0 Å². The molecule has 36 heavy (non-hydrogen) atoms. The summed E-state index contributed by atoms with van der Waals surface area (Å²) in [5, 5.41) is 0. The number of esters is 8. The van der Waals surface area contributed by atoms with Crippen LogP contribution in [0.2, 0.25) is 0 Å². The van der Waals surface area contributed by atoms with Gasteiger partial charge in [-0.1, -0.05) is 0 Å². The molecule has 2 spiro atoms. The fourth-order valence-electron chi connectivity index (χ4n) is 8.70. The molecule has 4 aliphatic carbocycles. The van der Waals surface area contributed by atoms with Crippen molar-refractivity contribution in [2.75, 3.05) is 0 Å². The molecule has 0 amide bonds. The third kappa shape index (κ3) is 2.40. The highest BCUT2D eigenvalue weighted by molar-refractivity contribution is 6.05. The number of carbonyl (C=O) groups excluding carboxylic acids is 8. The molecule has 0 radical (unpaired) electrons. The number of ether oxygens (including phenoxy) is 4. The monoisotopic (exact) mass is 500 g/mol. The van der Waals surface area contributed by atoms with Crippen LogP contribution in [0.25, 0.3) is 0 Å². The van der Waals surface area contributed by atoms with E-state index in [9.17, 15) is 38.4 Å². The summed E-state index contributed by atoms with van der Waals surface area (Å²) >= 11 is 0. The van der Waals surface area contributed by atoms with E-state index in [4.69, 9.17) is 18.9 Å². The zero-order chi connectivity index (χ0) is 25.3. The lowest BCUT2D eigenvalue weighted by Crippen LogP contribution is -2.48. The lowest BCUT2D eigenvalue weighted by molar-refractivity contribution is -0.184. The van der Waals surface area contributed by atoms with Crippen molar-refractivity contribution in [1.29, 1.82) is 0 Å². The second-order valence-electron chi connectivity index (χ2n) is 11.3. The number of rotatable bonds is 0. The van der Waals surface area contributed by atoms with E-state index >= 15 is 0 Å². The van der Waals surface area contributed by atoms with E-state index in [1.165, 1.54) is 0 Å². The number of hydrogen-bond donors (Lipinski definition) is 0. The molecular formula is C24H20O12. The van der Waals surface area contributed by atoms with Crippen LogP contribution in [-0.4, -0.2) is 47.8 Å². The fourth-order valence-corrected chi connectivity index (χ4v) is 8.70. The first-order valence-corrected chi connectivity index (χ1v) is 12.1. The van der Waals surface area contributed by atoms with Crippen LogP contribution >= 0.6 is 0 Å². The summed E-state index contributed by atoms with van der Waals surface area (Å²) in [7, 11) is 0. The minimum atomic E-state index is -1.00. The Morgan fingerprint density at radius 1 is 0.444 bits per heavy atom. The quantitative estimate of drug-likeness (QED) is 0.183. The summed E-state index contributed by atoms with van der Waals surface area (Å²) in [6, 6.07) is 0. The van der Waals surface area contributed by atoms with Gasteiger partial charge in [-0.15, -0.1) is 0 Å². The molecule has 4 saturated carbocycles. The highest BCUT2D eigenvalue weighted by Crippen LogP contribution is 2.70. The maximum atomic E-state index is 12.1. The van der Waals surface area contributed by atoms with Gasteiger partial charge < -0.3 is 18.9 Å². The average Bonchev–Trinajstić information content (AvgIpc) is 3.48. The van der Waals surface area contributed by atoms with Crippen LogP contribution in [0.1, 0.15) is 38.5 Å². The van der Waals surface area contributed by atoms with Gasteiger partial charge in [-0.3, -0.25) is 38.4 Å². The molecule has 4 atom stereocenters. The van der Waals surface area contributed by atoms with Crippen molar-refractivity contribution in [2.45, 2.75) is 38.5 Å². The zero-order valence-corrected chi connectivity index (χ0v) is 18.8. The molecule has 8 fully saturated rings. The Morgan fingerprint density at radius 3 is 1.06 bits per heavy atom. The topological polar surface area (TPSA) is 173 Å². The van der Waals surface area contributed by atoms with Gasteiger partial charge >= 0.3 is 47.8 Å². The van der Waals surface area contributed by atoms with Crippen molar-refractivity contribution in [1.82, 2.24) is 0 Å². The molecule has 8 bridgehead atoms. The molecule has 12 nitrogen and oxygen atoms in total. The van der Waals surface area contributed by atoms with Crippen molar-refractivity contribution in [3.63, 3.8) is 0 Å². The van der Waals surface area contributed by atoms with Gasteiger partial charge in [-0.2, -0.15) is 0 Å². The van der Waals surface area contributed by atoms with Gasteiger partial charge in [0.2, 0.25) is 0 Å². The SMILES string of the molecule is O=C1OC(=O)C23CC1CC21CC(C3)C(=O)OC1=O.O=C1OC(=O)C2CC1C1C3CC(C(=O)OC3=O)C21. The van der Waals surface area contributed by atoms with Crippen molar-refractivity contribution < 1.29 is 57.3 Å². The molecule has 4 saturated heterocycles. The van der Waals surface area contributed by atoms with Crippen LogP contribution < -0.4 is 0 Å². The Balaban J connectivity index is 0.000000122. The average molecular weight is 500 g/mol. The normalized spacial score (nSPS) is 48.9. The summed E-state index contributed by atoms with van der Waals surface area (Å²) in [6.45, 7) is 0. The molecule has 0 N–H and O–H groups in total. The van der Waals surface area contributed by atoms with Crippen molar-refractivity contribution in [2.24, 2.45) is 58.2 Å². The van der Waals surface area contributed by atoms with Gasteiger partial charge in [0.25, 0.3) is 0 Å². The minimum Gasteiger partial charge on any atom is -0.393 e. The summed E-state index contributed by atoms with van der Waals surface area (Å²) < 4.78 is 18.9. The third-order valence-electron chi connectivity index (χ3n) is 10.1. The maximum Gasteiger partial charge on any atom is 0.320 e. The van der Waals surface area contributed by atoms with E-state index in [-0.39, 0.29) is 24.7 Å². The van der Waals surface area contributed by atoms with Crippen LogP contribution in [0.15, 0.2) is 0 Å². The Bertz CT molecular complexity index is 1100. The first-order chi connectivity index (χ1) is 17.1. The Morgan fingerprint density at radius 2 is 0.750 bits per heavy atom. The molecule has 0 aromatic carbocycles. The third-order valence-corrected chi connectivity index (χ3v) is 10.1. The first kappa shape index (κ1) is 21.8. The molecule has 8 rings (SSSR count). The maximum absolute atomic E-state index is 12.1. The standard InChI is InChI=1S/2C12H10O6/c13-7-5-1-11(9(15)17-7)4-6-2-12(11,3-5)10(16)18-8(6)14;13-9-3-1-4(10(14)17-9)8-6-2-5(7(3)8)11(15)18-12(6)16/h5-6H,1-4H2;3-8H,1-2H2. The van der Waals surface area contributed by atoms with Crippen LogP contribution in [0.3, 0.4) is 0 Å². The van der Waals surface area contributed by atoms with Gasteiger partial charge in [0.15, 0.2) is 0 Å². The Kier molecular flexibility index (Phi) is 4.03. The molecule has 4 unspecified atom stereocenters. The molecule has 0 aromatic heterocycles. The smallest absolute Gasteiger partial charge is 0.320 e. The van der Waals surface area contributed by atoms with Gasteiger partial charge in [-0.25, -0.2) is 0 Å². The van der Waals surface area contributed by atoms with Crippen LogP contribution in [0.4, 0.5) is 0 Å². The summed E-state index contributed by atoms with van der Waals surface area (Å²) in [5.41, 5.74) is -2.00. The van der Waals surface area contributed by atoms with Gasteiger partial charge in [-0.05, 0) is 50.4 Å². The largest absolute Gasteiger partial charge is 0.393 e. The van der Waals surface area contributed by atoms with Crippen molar-refractivity contribution in [3.05, 3.63) is 0 Å². The molecule has 188 valence electrons. The number of hydrogen-bond acceptors (Lipinski definition) is 12. The highest BCUT2D eigenvalue weighted by atomic mass is 16.6. The van der Waals surface area contributed by atoms with E-state index in [1.54, 1.807) is 0 Å². The molecule has 4 heterocycles. The van der Waals surface area contributed by atoms with Gasteiger partial charge in [0.1, 0.15) is 0 Å². The van der Waals surface area contributed by atoms with Crippen LogP contribution in [0.5, 0.6) is 0 Å². The summed E-state index contributed by atoms with van der Waals surface area (Å²) in [4.78, 5) is 94.1. The lowest BCUT2D eigenvalue weighted by Gasteiger charge is -2.35. The molecular weight excluding hydrogens is 480 g/mol. The second-order valence-corrected chi connectivity index (χ2v) is 11.3. The van der Waals surface area contributed by atoms with E-state index in [0.29, 0.717) is 25.7 Å². The summed E-state index contributed by atoms with van der Waals surface area (Å²) in [5.74, 6) is -7.59. The van der Waals surface area contributed by atoms with E-state index in [1.807, 2.05) is 0 Å². The highest BCUT2D eigenvalue weighted by Gasteiger charge is 2.78. The van der Waals surface area contributed by atoms with Crippen molar-refractivity contribution in [3.8, 4) is 0 Å². The van der Waals surface area contributed by atoms with Gasteiger partial charge in [0.05, 0.1) is 46.3 Å². The predicted molar refractivity (Wildman–Crippen MR) is 105 cm³/mol. The fraction of sp³-hybridized carbons (Fsp3) is 0.667. The molecule has 0 aromatic rings. The summed E-state index contributed by atoms with van der Waals surface area (Å²) in [6.07, 6.45) is 2.04. The first-order valence-electron chi connectivity index (χ1n) is 12.1. The Hall–Kier alpha value is -3.44. The molecule has 8 aliphatic rings. The molecule has 4 aliphatic heterocycles. The number of carbonyl (C=O) groups is 8. The van der Waals surface area contributed by atoms with Crippen LogP contribution in [-0.2, 0) is 57.3 Å². The Labute approximate surface area is 202 Å². The predicted octanol–water partition coefficient (Wildman–Crippen LogP) is -0.396. The van der Waals surface area contributed by atoms with E-state index in [2.05, 4.69) is 0 Å². The molecule has 12 heteroatoms. The lowest BCUT2D eigenvalue weighted by atomic mass is 9.68. The minimum absolute atomic E-state index is 0.252. The number of cyclic esters (lactones) is 8. The van der Waals surface area contributed by atoms with Crippen LogP contribution in [0, 0.1) is 58.2 Å².